The van der Waals surface area contributed by atoms with Gasteiger partial charge in [-0.25, -0.2) is 4.98 Å². The lowest BCUT2D eigenvalue weighted by Gasteiger charge is -2.26. The molecule has 2 N–H and O–H groups in total. The van der Waals surface area contributed by atoms with Crippen molar-refractivity contribution < 1.29 is 9.90 Å². The Balaban J connectivity index is 2.10. The van der Waals surface area contributed by atoms with Gasteiger partial charge in [0, 0.05) is 19.2 Å². The van der Waals surface area contributed by atoms with Crippen LogP contribution in [0, 0.1) is 12.3 Å². The summed E-state index contributed by atoms with van der Waals surface area (Å²) in [5, 5.41) is 12.4. The fraction of sp³-hybridized carbons (Fsp3) is 0.529. The molecule has 0 radical (unpaired) electrons. The van der Waals surface area contributed by atoms with Crippen LogP contribution in [0.1, 0.15) is 43.4 Å². The van der Waals surface area contributed by atoms with Gasteiger partial charge in [-0.2, -0.15) is 0 Å². The van der Waals surface area contributed by atoms with Gasteiger partial charge in [0.1, 0.15) is 5.82 Å². The highest BCUT2D eigenvalue weighted by atomic mass is 16.3. The van der Waals surface area contributed by atoms with Crippen molar-refractivity contribution in [1.82, 2.24) is 14.9 Å². The maximum Gasteiger partial charge on any atom is 0.251 e. The quantitative estimate of drug-likeness (QED) is 0.891. The van der Waals surface area contributed by atoms with Gasteiger partial charge in [0.15, 0.2) is 0 Å². The van der Waals surface area contributed by atoms with Crippen molar-refractivity contribution in [1.29, 1.82) is 0 Å². The van der Waals surface area contributed by atoms with Gasteiger partial charge >= 0.3 is 0 Å². The number of nitrogens with one attached hydrogen (secondary N) is 1. The van der Waals surface area contributed by atoms with Crippen LogP contribution in [0.15, 0.2) is 18.2 Å². The molecule has 120 valence electrons. The molecule has 0 fully saturated rings. The van der Waals surface area contributed by atoms with E-state index >= 15 is 0 Å². The first kappa shape index (κ1) is 16.5. The van der Waals surface area contributed by atoms with Crippen LogP contribution < -0.4 is 5.32 Å². The molecule has 1 heterocycles. The van der Waals surface area contributed by atoms with Crippen molar-refractivity contribution in [3.8, 4) is 0 Å². The predicted octanol–water partition coefficient (Wildman–Crippen LogP) is 2.41. The second-order valence-electron chi connectivity index (χ2n) is 6.82. The minimum Gasteiger partial charge on any atom is -0.393 e. The molecule has 0 aliphatic carbocycles. The van der Waals surface area contributed by atoms with Crippen LogP contribution in [0.2, 0.25) is 0 Å². The first-order chi connectivity index (χ1) is 10.2. The molecule has 1 aromatic heterocycles. The number of amides is 1. The molecule has 5 nitrogen and oxygen atoms in total. The minimum atomic E-state index is -0.375. The summed E-state index contributed by atoms with van der Waals surface area (Å²) in [5.41, 5.74) is 2.31. The van der Waals surface area contributed by atoms with E-state index in [0.717, 1.165) is 16.9 Å². The molecule has 0 spiro atoms. The van der Waals surface area contributed by atoms with Crippen LogP contribution >= 0.6 is 0 Å². The Bertz CT molecular complexity index is 687. The summed E-state index contributed by atoms with van der Waals surface area (Å²) < 4.78 is 2.00. The molecule has 1 aromatic carbocycles. The molecule has 2 rings (SSSR count). The van der Waals surface area contributed by atoms with E-state index in [4.69, 9.17) is 0 Å². The fourth-order valence-corrected chi connectivity index (χ4v) is 2.75. The van der Waals surface area contributed by atoms with Crippen LogP contribution in [0.4, 0.5) is 0 Å². The third-order valence-corrected chi connectivity index (χ3v) is 3.94. The number of carbonyl (C=O) groups excluding carboxylic acids is 1. The van der Waals surface area contributed by atoms with Crippen molar-refractivity contribution in [2.24, 2.45) is 12.5 Å². The van der Waals surface area contributed by atoms with Gasteiger partial charge in [0.05, 0.1) is 17.1 Å². The summed E-state index contributed by atoms with van der Waals surface area (Å²) in [7, 11) is 1.96. The first-order valence-corrected chi connectivity index (χ1v) is 7.59. The van der Waals surface area contributed by atoms with E-state index in [1.807, 2.05) is 50.6 Å². The van der Waals surface area contributed by atoms with Crippen molar-refractivity contribution in [3.05, 3.63) is 29.6 Å². The molecule has 22 heavy (non-hydrogen) atoms. The number of rotatable bonds is 5. The Labute approximate surface area is 131 Å². The predicted molar refractivity (Wildman–Crippen MR) is 87.9 cm³/mol. The third-order valence-electron chi connectivity index (χ3n) is 3.94. The Hall–Kier alpha value is -1.88. The molecular weight excluding hydrogens is 278 g/mol. The van der Waals surface area contributed by atoms with Gasteiger partial charge in [0.25, 0.3) is 5.91 Å². The molecule has 1 unspecified atom stereocenters. The van der Waals surface area contributed by atoms with E-state index in [1.165, 1.54) is 0 Å². The third kappa shape index (κ3) is 3.65. The van der Waals surface area contributed by atoms with E-state index in [0.29, 0.717) is 18.5 Å². The Morgan fingerprint density at radius 3 is 2.77 bits per heavy atom. The number of benzene rings is 1. The second kappa shape index (κ2) is 6.08. The molecule has 0 saturated carbocycles. The topological polar surface area (TPSA) is 67.2 Å². The standard InChI is InChI=1S/C17H25N3O2/c1-11(21)9-17(3,4)10-18-16(22)13-6-7-15-14(8-13)19-12(2)20(15)5/h6-8,11,21H,9-10H2,1-5H3,(H,18,22). The number of fused-ring (bicyclic) bond motifs is 1. The zero-order valence-electron chi connectivity index (χ0n) is 14.0. The van der Waals surface area contributed by atoms with Gasteiger partial charge in [0.2, 0.25) is 0 Å². The summed E-state index contributed by atoms with van der Waals surface area (Å²) in [6.07, 6.45) is 0.269. The average Bonchev–Trinajstić information content (AvgIpc) is 2.69. The Morgan fingerprint density at radius 1 is 1.45 bits per heavy atom. The summed E-state index contributed by atoms with van der Waals surface area (Å²) in [5.74, 6) is 0.814. The van der Waals surface area contributed by atoms with Gasteiger partial charge < -0.3 is 15.0 Å². The molecule has 0 bridgehead atoms. The van der Waals surface area contributed by atoms with Crippen LogP contribution in [0.5, 0.6) is 0 Å². The molecule has 0 saturated heterocycles. The number of aliphatic hydroxyl groups excluding tert-OH is 1. The Morgan fingerprint density at radius 2 is 2.14 bits per heavy atom. The van der Waals surface area contributed by atoms with Gasteiger partial charge in [-0.05, 0) is 43.9 Å². The van der Waals surface area contributed by atoms with Crippen LogP contribution in [-0.2, 0) is 7.05 Å². The van der Waals surface area contributed by atoms with Crippen LogP contribution in [-0.4, -0.2) is 33.2 Å². The molecule has 5 heteroatoms. The lowest BCUT2D eigenvalue weighted by molar-refractivity contribution is 0.0902. The van der Waals surface area contributed by atoms with E-state index in [-0.39, 0.29) is 17.4 Å². The highest BCUT2D eigenvalue weighted by Gasteiger charge is 2.21. The number of carbonyl (C=O) groups is 1. The normalized spacial score (nSPS) is 13.4. The van der Waals surface area contributed by atoms with E-state index in [9.17, 15) is 9.90 Å². The van der Waals surface area contributed by atoms with Crippen molar-refractivity contribution in [3.63, 3.8) is 0 Å². The summed E-state index contributed by atoms with van der Waals surface area (Å²) >= 11 is 0. The van der Waals surface area contributed by atoms with Gasteiger partial charge in [-0.15, -0.1) is 0 Å². The fourth-order valence-electron chi connectivity index (χ4n) is 2.75. The monoisotopic (exact) mass is 303 g/mol. The number of hydrogen-bond acceptors (Lipinski definition) is 3. The summed E-state index contributed by atoms with van der Waals surface area (Å²) in [4.78, 5) is 16.8. The first-order valence-electron chi connectivity index (χ1n) is 7.59. The lowest BCUT2D eigenvalue weighted by Crippen LogP contribution is -2.35. The molecule has 1 atom stereocenters. The molecule has 0 aliphatic heterocycles. The number of hydrogen-bond donors (Lipinski definition) is 2. The van der Waals surface area contributed by atoms with Crippen LogP contribution in [0.3, 0.4) is 0 Å². The van der Waals surface area contributed by atoms with Crippen molar-refractivity contribution >= 4 is 16.9 Å². The summed E-state index contributed by atoms with van der Waals surface area (Å²) in [6, 6.07) is 5.56. The van der Waals surface area contributed by atoms with Crippen molar-refractivity contribution in [2.45, 2.75) is 40.2 Å². The number of aliphatic hydroxyl groups is 1. The van der Waals surface area contributed by atoms with Gasteiger partial charge in [-0.3, -0.25) is 4.79 Å². The molecular formula is C17H25N3O2. The smallest absolute Gasteiger partial charge is 0.251 e. The van der Waals surface area contributed by atoms with Crippen molar-refractivity contribution in [2.75, 3.05) is 6.54 Å². The SMILES string of the molecule is Cc1nc2cc(C(=O)NCC(C)(C)CC(C)O)ccc2n1C. The maximum atomic E-state index is 12.3. The summed E-state index contributed by atoms with van der Waals surface area (Å²) in [6.45, 7) is 8.30. The van der Waals surface area contributed by atoms with E-state index < -0.39 is 0 Å². The lowest BCUT2D eigenvalue weighted by atomic mass is 9.87. The number of aryl methyl sites for hydroxylation is 2. The Kier molecular flexibility index (Phi) is 4.56. The average molecular weight is 303 g/mol. The number of nitrogens with zero attached hydrogens (tertiary/aromatic N) is 2. The van der Waals surface area contributed by atoms with Crippen LogP contribution in [0.25, 0.3) is 11.0 Å². The van der Waals surface area contributed by atoms with E-state index in [1.54, 1.807) is 6.92 Å². The number of aromatic nitrogens is 2. The van der Waals surface area contributed by atoms with E-state index in [2.05, 4.69) is 10.3 Å². The molecule has 0 aliphatic rings. The highest BCUT2D eigenvalue weighted by Crippen LogP contribution is 2.21. The largest absolute Gasteiger partial charge is 0.393 e. The van der Waals surface area contributed by atoms with Gasteiger partial charge in [-0.1, -0.05) is 13.8 Å². The molecule has 1 amide bonds. The second-order valence-corrected chi connectivity index (χ2v) is 6.82. The highest BCUT2D eigenvalue weighted by molar-refractivity contribution is 5.97. The maximum absolute atomic E-state index is 12.3. The number of imidazole rings is 1. The zero-order valence-corrected chi connectivity index (χ0v) is 14.0. The zero-order chi connectivity index (χ0) is 16.5. The minimum absolute atomic E-state index is 0.108. The molecule has 2 aromatic rings.